The van der Waals surface area contributed by atoms with Crippen LogP contribution in [0, 0.1) is 0 Å². The molecule has 0 unspecified atom stereocenters. The van der Waals surface area contributed by atoms with E-state index in [4.69, 9.17) is 24.4 Å². The number of benzene rings is 1. The second-order valence-electron chi connectivity index (χ2n) is 11.7. The van der Waals surface area contributed by atoms with E-state index in [0.717, 1.165) is 5.56 Å². The SMILES string of the molecule is CN1CC[C@]23c4c5ccc(O)c4O[C@H]2C(OC(=O)C[C@H](OC(=O)C[C@H](O)C(=O)O)C(=O)O[C@@H](CC(=O)O)C(=O)O)=CC[C@@]3(O)[C@@H]1C5. The van der Waals surface area contributed by atoms with E-state index in [2.05, 4.69) is 4.74 Å². The number of likely N-dealkylation sites (N-methyl/N-ethyl adjacent to an activating group) is 1. The highest BCUT2D eigenvalue weighted by Gasteiger charge is 2.72. The molecule has 0 radical (unpaired) electrons. The maximum atomic E-state index is 13.2. The van der Waals surface area contributed by atoms with Crippen LogP contribution < -0.4 is 4.74 Å². The van der Waals surface area contributed by atoms with Crippen LogP contribution in [0.5, 0.6) is 11.5 Å². The number of nitrogens with zero attached hydrogens (tertiary/aromatic N) is 1. The van der Waals surface area contributed by atoms with E-state index in [1.807, 2.05) is 11.9 Å². The average molecular weight is 650 g/mol. The van der Waals surface area contributed by atoms with Crippen LogP contribution in [0.15, 0.2) is 24.0 Å². The summed E-state index contributed by atoms with van der Waals surface area (Å²) in [5, 5.41) is 59.4. The van der Waals surface area contributed by atoms with Gasteiger partial charge in [0.1, 0.15) is 5.76 Å². The van der Waals surface area contributed by atoms with Gasteiger partial charge in [-0.3, -0.25) is 14.4 Å². The smallest absolute Gasteiger partial charge is 0.348 e. The topological polar surface area (TPSA) is 264 Å². The van der Waals surface area contributed by atoms with Crippen LogP contribution >= 0.6 is 0 Å². The molecule has 4 aliphatic rings. The van der Waals surface area contributed by atoms with Crippen molar-refractivity contribution >= 4 is 35.8 Å². The number of carboxylic acid groups (broad SMARTS) is 3. The van der Waals surface area contributed by atoms with E-state index >= 15 is 0 Å². The molecule has 1 aromatic rings. The Morgan fingerprint density at radius 2 is 1.72 bits per heavy atom. The molecule has 2 heterocycles. The van der Waals surface area contributed by atoms with Crippen molar-refractivity contribution in [3.63, 3.8) is 0 Å². The van der Waals surface area contributed by atoms with Crippen molar-refractivity contribution in [1.29, 1.82) is 0 Å². The Hall–Kier alpha value is -4.74. The van der Waals surface area contributed by atoms with Gasteiger partial charge in [-0.15, -0.1) is 0 Å². The fourth-order valence-electron chi connectivity index (χ4n) is 6.94. The van der Waals surface area contributed by atoms with Gasteiger partial charge in [-0.1, -0.05) is 6.07 Å². The fraction of sp³-hybridized carbons (Fsp3) is 0.517. The summed E-state index contributed by atoms with van der Waals surface area (Å²) in [6, 6.07) is 2.88. The third-order valence-corrected chi connectivity index (χ3v) is 9.01. The number of likely N-dealkylation sites (tertiary alicyclic amines) is 1. The lowest BCUT2D eigenvalue weighted by Gasteiger charge is -2.61. The minimum atomic E-state index is -2.24. The van der Waals surface area contributed by atoms with Crippen LogP contribution in [-0.2, 0) is 54.8 Å². The van der Waals surface area contributed by atoms with Crippen molar-refractivity contribution in [3.05, 3.63) is 35.1 Å². The second-order valence-corrected chi connectivity index (χ2v) is 11.7. The van der Waals surface area contributed by atoms with Crippen LogP contribution in [0.3, 0.4) is 0 Å². The highest BCUT2D eigenvalue weighted by atomic mass is 16.6. The van der Waals surface area contributed by atoms with E-state index in [0.29, 0.717) is 24.9 Å². The summed E-state index contributed by atoms with van der Waals surface area (Å²) in [7, 11) is 1.88. The summed E-state index contributed by atoms with van der Waals surface area (Å²) in [5.41, 5.74) is -1.05. The maximum Gasteiger partial charge on any atom is 0.348 e. The third kappa shape index (κ3) is 5.39. The van der Waals surface area contributed by atoms with Gasteiger partial charge in [0.25, 0.3) is 0 Å². The van der Waals surface area contributed by atoms with Gasteiger partial charge in [0.05, 0.1) is 30.3 Å². The maximum absolute atomic E-state index is 13.2. The first kappa shape index (κ1) is 32.6. The molecule has 5 rings (SSSR count). The van der Waals surface area contributed by atoms with Gasteiger partial charge < -0.3 is 54.5 Å². The monoisotopic (exact) mass is 649 g/mol. The van der Waals surface area contributed by atoms with E-state index in [1.54, 1.807) is 6.07 Å². The molecule has 2 aliphatic heterocycles. The number of aliphatic carboxylic acids is 3. The van der Waals surface area contributed by atoms with Gasteiger partial charge in [-0.2, -0.15) is 0 Å². The number of rotatable bonds is 12. The normalized spacial score (nSPS) is 27.5. The Balaban J connectivity index is 1.40. The Morgan fingerprint density at radius 3 is 2.37 bits per heavy atom. The van der Waals surface area contributed by atoms with Gasteiger partial charge in [0.15, 0.2) is 23.7 Å². The standard InChI is InChI=1S/C29H31NO16/c1-30-7-6-28-22-12-2-3-13(31)23(22)46-24(28)15(4-5-29(28,42)18(30)8-12)43-21(36)11-17(44-20(35)9-14(32)25(37)38)27(41)45-16(26(39)40)10-19(33)34/h2-4,14,16-18,24,31-32,42H,5-11H2,1H3,(H,33,34)(H,37,38)(H,39,40)/t14-,16-,17-,18-,24-,28-,29+/m0/s1. The largest absolute Gasteiger partial charge is 0.504 e. The summed E-state index contributed by atoms with van der Waals surface area (Å²) >= 11 is 0. The molecule has 1 fully saturated rings. The number of carboxylic acids is 3. The molecule has 1 saturated heterocycles. The molecule has 1 aromatic carbocycles. The summed E-state index contributed by atoms with van der Waals surface area (Å²) in [5.74, 6) is -9.77. The number of aliphatic hydroxyl groups is 2. The molecule has 0 saturated carbocycles. The van der Waals surface area contributed by atoms with E-state index in [-0.39, 0.29) is 29.7 Å². The summed E-state index contributed by atoms with van der Waals surface area (Å²) < 4.78 is 21.3. The third-order valence-electron chi connectivity index (χ3n) is 9.01. The van der Waals surface area contributed by atoms with Gasteiger partial charge in [-0.05, 0) is 44.1 Å². The molecule has 2 aliphatic carbocycles. The number of piperidine rings is 1. The predicted octanol–water partition coefficient (Wildman–Crippen LogP) is -1.18. The number of hydrogen-bond donors (Lipinski definition) is 6. The number of aliphatic hydroxyl groups excluding tert-OH is 1. The van der Waals surface area contributed by atoms with Crippen molar-refractivity contribution in [2.24, 2.45) is 0 Å². The van der Waals surface area contributed by atoms with Gasteiger partial charge in [0, 0.05) is 18.0 Å². The number of phenols is 1. The lowest BCUT2D eigenvalue weighted by molar-refractivity contribution is -0.182. The predicted molar refractivity (Wildman–Crippen MR) is 145 cm³/mol. The van der Waals surface area contributed by atoms with Crippen LogP contribution in [0.2, 0.25) is 0 Å². The molecule has 248 valence electrons. The summed E-state index contributed by atoms with van der Waals surface area (Å²) in [6.07, 6.45) is -8.96. The number of esters is 3. The zero-order valence-corrected chi connectivity index (χ0v) is 24.3. The van der Waals surface area contributed by atoms with Gasteiger partial charge in [-0.25, -0.2) is 14.4 Å². The molecule has 0 amide bonds. The number of carbonyl (C=O) groups excluding carboxylic acids is 3. The van der Waals surface area contributed by atoms with E-state index < -0.39 is 90.5 Å². The molecule has 17 nitrogen and oxygen atoms in total. The highest BCUT2D eigenvalue weighted by Crippen LogP contribution is 2.65. The molecule has 7 atom stereocenters. The molecular formula is C29H31NO16. The second kappa shape index (κ2) is 11.9. The molecule has 46 heavy (non-hydrogen) atoms. The number of hydrogen-bond acceptors (Lipinski definition) is 14. The molecule has 6 N–H and O–H groups in total. The number of aromatic hydroxyl groups is 1. The van der Waals surface area contributed by atoms with Gasteiger partial charge >= 0.3 is 35.8 Å². The lowest BCUT2D eigenvalue weighted by atomic mass is 9.50. The van der Waals surface area contributed by atoms with Crippen molar-refractivity contribution < 1.29 is 78.4 Å². The first-order valence-corrected chi connectivity index (χ1v) is 14.2. The van der Waals surface area contributed by atoms with Crippen molar-refractivity contribution in [3.8, 4) is 11.5 Å². The van der Waals surface area contributed by atoms with Crippen molar-refractivity contribution in [2.75, 3.05) is 13.6 Å². The quantitative estimate of drug-likeness (QED) is 0.115. The first-order valence-electron chi connectivity index (χ1n) is 14.2. The number of phenolic OH excluding ortho intramolecular Hbond substituents is 1. The minimum absolute atomic E-state index is 0.0159. The number of carbonyl (C=O) groups is 6. The van der Waals surface area contributed by atoms with Crippen LogP contribution in [-0.4, -0.2) is 121 Å². The van der Waals surface area contributed by atoms with Crippen LogP contribution in [0.1, 0.15) is 43.2 Å². The molecule has 17 heteroatoms. The molecule has 0 aromatic heterocycles. The molecule has 2 bridgehead atoms. The average Bonchev–Trinajstić information content (AvgIpc) is 3.33. The van der Waals surface area contributed by atoms with Gasteiger partial charge in [0.2, 0.25) is 12.2 Å². The zero-order chi connectivity index (χ0) is 33.7. The molecule has 1 spiro atoms. The van der Waals surface area contributed by atoms with Crippen molar-refractivity contribution in [1.82, 2.24) is 4.90 Å². The van der Waals surface area contributed by atoms with Crippen LogP contribution in [0.4, 0.5) is 0 Å². The van der Waals surface area contributed by atoms with Crippen molar-refractivity contribution in [2.45, 2.75) is 80.0 Å². The Kier molecular flexibility index (Phi) is 8.43. The zero-order valence-electron chi connectivity index (χ0n) is 24.3. The van der Waals surface area contributed by atoms with E-state index in [1.165, 1.54) is 12.1 Å². The Labute approximate surface area is 259 Å². The Morgan fingerprint density at radius 1 is 1.00 bits per heavy atom. The summed E-state index contributed by atoms with van der Waals surface area (Å²) in [4.78, 5) is 73.8. The minimum Gasteiger partial charge on any atom is -0.504 e. The number of ether oxygens (including phenoxy) is 4. The lowest BCUT2D eigenvalue weighted by Crippen LogP contribution is -2.74. The summed E-state index contributed by atoms with van der Waals surface area (Å²) in [6.45, 7) is 0.537. The fourth-order valence-corrected chi connectivity index (χ4v) is 6.94. The Bertz CT molecular complexity index is 1540. The highest BCUT2D eigenvalue weighted by molar-refractivity contribution is 5.88. The first-order chi connectivity index (χ1) is 21.6. The van der Waals surface area contributed by atoms with Crippen LogP contribution in [0.25, 0.3) is 0 Å². The van der Waals surface area contributed by atoms with E-state index in [9.17, 15) is 49.2 Å². The molecular weight excluding hydrogens is 618 g/mol.